The summed E-state index contributed by atoms with van der Waals surface area (Å²) in [5, 5.41) is 0.334. The Morgan fingerprint density at radius 2 is 2.14 bits per heavy atom. The van der Waals surface area contributed by atoms with E-state index in [-0.39, 0.29) is 5.60 Å². The summed E-state index contributed by atoms with van der Waals surface area (Å²) >= 11 is 5.81. The van der Waals surface area contributed by atoms with Crippen LogP contribution in [0.1, 0.15) is 36.9 Å². The van der Waals surface area contributed by atoms with E-state index in [9.17, 15) is 0 Å². The van der Waals surface area contributed by atoms with Gasteiger partial charge >= 0.3 is 0 Å². The standard InChI is InChI=1S/C10H11ClN2O/c11-9-12-5-7-6-14-10(8(7)13-9)3-1-2-4-10/h5H,1-4,6H2. The van der Waals surface area contributed by atoms with Crippen molar-refractivity contribution in [1.82, 2.24) is 9.97 Å². The van der Waals surface area contributed by atoms with Crippen LogP contribution in [0.2, 0.25) is 5.28 Å². The Bertz CT molecular complexity index is 374. The van der Waals surface area contributed by atoms with Gasteiger partial charge < -0.3 is 4.74 Å². The largest absolute Gasteiger partial charge is 0.364 e. The Labute approximate surface area is 87.5 Å². The second-order valence-corrected chi connectivity index (χ2v) is 4.34. The number of halogens is 1. The van der Waals surface area contributed by atoms with Gasteiger partial charge in [-0.1, -0.05) is 12.8 Å². The van der Waals surface area contributed by atoms with Gasteiger partial charge in [-0.25, -0.2) is 9.97 Å². The zero-order valence-electron chi connectivity index (χ0n) is 7.79. The van der Waals surface area contributed by atoms with Gasteiger partial charge in [-0.2, -0.15) is 0 Å². The van der Waals surface area contributed by atoms with Crippen molar-refractivity contribution < 1.29 is 4.74 Å². The van der Waals surface area contributed by atoms with Crippen LogP contribution in [-0.4, -0.2) is 9.97 Å². The van der Waals surface area contributed by atoms with E-state index < -0.39 is 0 Å². The van der Waals surface area contributed by atoms with Crippen molar-refractivity contribution in [3.63, 3.8) is 0 Å². The van der Waals surface area contributed by atoms with Crippen LogP contribution in [0.3, 0.4) is 0 Å². The van der Waals surface area contributed by atoms with Crippen LogP contribution in [0.15, 0.2) is 6.20 Å². The summed E-state index contributed by atoms with van der Waals surface area (Å²) in [6.07, 6.45) is 6.39. The molecule has 1 aliphatic carbocycles. The SMILES string of the molecule is Clc1ncc2c(n1)C1(CCCC1)OC2. The minimum Gasteiger partial charge on any atom is -0.364 e. The van der Waals surface area contributed by atoms with E-state index in [1.54, 1.807) is 6.20 Å². The Balaban J connectivity index is 2.12. The molecule has 2 heterocycles. The van der Waals surface area contributed by atoms with Crippen molar-refractivity contribution in [3.05, 3.63) is 22.7 Å². The van der Waals surface area contributed by atoms with E-state index in [0.717, 1.165) is 24.1 Å². The van der Waals surface area contributed by atoms with Crippen LogP contribution in [0.25, 0.3) is 0 Å². The number of aromatic nitrogens is 2. The molecule has 2 aliphatic rings. The lowest BCUT2D eigenvalue weighted by Crippen LogP contribution is -2.21. The van der Waals surface area contributed by atoms with Crippen molar-refractivity contribution in [3.8, 4) is 0 Å². The normalized spacial score (nSPS) is 22.9. The van der Waals surface area contributed by atoms with Gasteiger partial charge in [-0.15, -0.1) is 0 Å². The average molecular weight is 211 g/mol. The molecular weight excluding hydrogens is 200 g/mol. The molecule has 4 heteroatoms. The average Bonchev–Trinajstić information content (AvgIpc) is 2.77. The van der Waals surface area contributed by atoms with E-state index in [4.69, 9.17) is 16.3 Å². The minimum absolute atomic E-state index is 0.123. The Hall–Kier alpha value is -0.670. The molecule has 0 atom stereocenters. The molecule has 1 aromatic rings. The summed E-state index contributed by atoms with van der Waals surface area (Å²) in [5.74, 6) is 0. The van der Waals surface area contributed by atoms with Gasteiger partial charge in [0.25, 0.3) is 0 Å². The summed E-state index contributed by atoms with van der Waals surface area (Å²) in [5.41, 5.74) is 2.02. The molecule has 0 unspecified atom stereocenters. The van der Waals surface area contributed by atoms with Crippen molar-refractivity contribution in [2.75, 3.05) is 0 Å². The van der Waals surface area contributed by atoms with E-state index in [1.807, 2.05) is 0 Å². The molecule has 74 valence electrons. The topological polar surface area (TPSA) is 35.0 Å². The van der Waals surface area contributed by atoms with Crippen molar-refractivity contribution in [2.24, 2.45) is 0 Å². The highest BCUT2D eigenvalue weighted by molar-refractivity contribution is 6.28. The lowest BCUT2D eigenvalue weighted by molar-refractivity contribution is -0.0347. The predicted molar refractivity (Wildman–Crippen MR) is 52.0 cm³/mol. The van der Waals surface area contributed by atoms with Gasteiger partial charge in [0.1, 0.15) is 5.60 Å². The van der Waals surface area contributed by atoms with Crippen LogP contribution >= 0.6 is 11.6 Å². The van der Waals surface area contributed by atoms with Gasteiger partial charge in [0.15, 0.2) is 0 Å². The van der Waals surface area contributed by atoms with Crippen LogP contribution < -0.4 is 0 Å². The van der Waals surface area contributed by atoms with Crippen LogP contribution in [0.5, 0.6) is 0 Å². The van der Waals surface area contributed by atoms with Gasteiger partial charge in [-0.3, -0.25) is 0 Å². The highest BCUT2D eigenvalue weighted by Gasteiger charge is 2.44. The molecule has 3 nitrogen and oxygen atoms in total. The van der Waals surface area contributed by atoms with E-state index in [1.165, 1.54) is 12.8 Å². The number of hydrogen-bond acceptors (Lipinski definition) is 3. The Morgan fingerprint density at radius 3 is 2.93 bits per heavy atom. The maximum absolute atomic E-state index is 5.87. The molecule has 1 aliphatic heterocycles. The molecule has 0 amide bonds. The molecule has 0 saturated heterocycles. The number of ether oxygens (including phenoxy) is 1. The first kappa shape index (κ1) is 8.62. The summed E-state index contributed by atoms with van der Waals surface area (Å²) in [7, 11) is 0. The first-order valence-corrected chi connectivity index (χ1v) is 5.34. The highest BCUT2D eigenvalue weighted by Crippen LogP contribution is 2.47. The summed E-state index contributed by atoms with van der Waals surface area (Å²) in [6, 6.07) is 0. The summed E-state index contributed by atoms with van der Waals surface area (Å²) < 4.78 is 5.87. The van der Waals surface area contributed by atoms with Gasteiger partial charge in [0.05, 0.1) is 12.3 Å². The molecule has 1 fully saturated rings. The maximum Gasteiger partial charge on any atom is 0.222 e. The number of fused-ring (bicyclic) bond motifs is 2. The van der Waals surface area contributed by atoms with E-state index >= 15 is 0 Å². The van der Waals surface area contributed by atoms with Gasteiger partial charge in [-0.05, 0) is 24.4 Å². The Kier molecular flexibility index (Phi) is 1.79. The molecule has 0 N–H and O–H groups in total. The predicted octanol–water partition coefficient (Wildman–Crippen LogP) is 2.43. The number of hydrogen-bond donors (Lipinski definition) is 0. The van der Waals surface area contributed by atoms with Crippen LogP contribution in [-0.2, 0) is 16.9 Å². The third-order valence-electron chi connectivity index (χ3n) is 3.18. The van der Waals surface area contributed by atoms with Crippen molar-refractivity contribution in [1.29, 1.82) is 0 Å². The van der Waals surface area contributed by atoms with Gasteiger partial charge in [0, 0.05) is 11.8 Å². The second-order valence-electron chi connectivity index (χ2n) is 4.00. The molecular formula is C10H11ClN2O. The monoisotopic (exact) mass is 210 g/mol. The Morgan fingerprint density at radius 1 is 1.36 bits per heavy atom. The quantitative estimate of drug-likeness (QED) is 0.617. The molecule has 14 heavy (non-hydrogen) atoms. The molecule has 0 bridgehead atoms. The van der Waals surface area contributed by atoms with E-state index in [2.05, 4.69) is 9.97 Å². The number of nitrogens with zero attached hydrogens (tertiary/aromatic N) is 2. The molecule has 3 rings (SSSR count). The van der Waals surface area contributed by atoms with E-state index in [0.29, 0.717) is 11.9 Å². The summed E-state index contributed by atoms with van der Waals surface area (Å²) in [4.78, 5) is 8.30. The third kappa shape index (κ3) is 1.09. The molecule has 0 aromatic carbocycles. The fraction of sp³-hybridized carbons (Fsp3) is 0.600. The zero-order chi connectivity index (χ0) is 9.60. The van der Waals surface area contributed by atoms with Crippen LogP contribution in [0.4, 0.5) is 0 Å². The summed E-state index contributed by atoms with van der Waals surface area (Å²) in [6.45, 7) is 0.645. The first-order valence-electron chi connectivity index (χ1n) is 4.96. The minimum atomic E-state index is -0.123. The maximum atomic E-state index is 5.87. The molecule has 1 aromatic heterocycles. The zero-order valence-corrected chi connectivity index (χ0v) is 8.55. The lowest BCUT2D eigenvalue weighted by atomic mass is 9.97. The molecule has 1 spiro atoms. The highest BCUT2D eigenvalue weighted by atomic mass is 35.5. The fourth-order valence-electron chi connectivity index (χ4n) is 2.50. The van der Waals surface area contributed by atoms with Crippen LogP contribution in [0, 0.1) is 0 Å². The van der Waals surface area contributed by atoms with Gasteiger partial charge in [0.2, 0.25) is 5.28 Å². The second kappa shape index (κ2) is 2.91. The van der Waals surface area contributed by atoms with Crippen molar-refractivity contribution >= 4 is 11.6 Å². The lowest BCUT2D eigenvalue weighted by Gasteiger charge is -2.21. The molecule has 0 radical (unpaired) electrons. The van der Waals surface area contributed by atoms with Crippen molar-refractivity contribution in [2.45, 2.75) is 37.9 Å². The number of rotatable bonds is 0. The first-order chi connectivity index (χ1) is 6.80. The fourth-order valence-corrected chi connectivity index (χ4v) is 2.63. The third-order valence-corrected chi connectivity index (χ3v) is 3.36. The molecule has 1 saturated carbocycles. The smallest absolute Gasteiger partial charge is 0.222 e.